The van der Waals surface area contributed by atoms with E-state index < -0.39 is 0 Å². The summed E-state index contributed by atoms with van der Waals surface area (Å²) in [4.78, 5) is 0. The number of unbranched alkanes of at least 4 members (excludes halogenated alkanes) is 21. The molecule has 0 saturated heterocycles. The first kappa shape index (κ1) is 57.2. The van der Waals surface area contributed by atoms with E-state index in [1.807, 2.05) is 0 Å². The van der Waals surface area contributed by atoms with Crippen LogP contribution in [0.4, 0.5) is 0 Å². The Balaban J connectivity index is 0.00000652. The van der Waals surface area contributed by atoms with E-state index in [0.717, 1.165) is 56.3 Å². The zero-order chi connectivity index (χ0) is 42.6. The summed E-state index contributed by atoms with van der Waals surface area (Å²) in [5.74, 6) is 0. The molecule has 338 valence electrons. The average molecular weight is 902 g/mol. The molecule has 0 radical (unpaired) electrons. The van der Waals surface area contributed by atoms with Gasteiger partial charge in [0, 0.05) is 22.8 Å². The van der Waals surface area contributed by atoms with Crippen LogP contribution in [0.2, 0.25) is 0 Å². The number of aryl methyl sites for hydroxylation is 4. The summed E-state index contributed by atoms with van der Waals surface area (Å²) in [7, 11) is 0. The van der Waals surface area contributed by atoms with Crippen LogP contribution in [-0.2, 0) is 46.1 Å². The molecule has 0 aromatic heterocycles. The van der Waals surface area contributed by atoms with E-state index in [0.29, 0.717) is 0 Å². The minimum atomic E-state index is 0. The van der Waals surface area contributed by atoms with Crippen molar-refractivity contribution >= 4 is 11.4 Å². The van der Waals surface area contributed by atoms with Crippen molar-refractivity contribution in [3.05, 3.63) is 101 Å². The van der Waals surface area contributed by atoms with Crippen molar-refractivity contribution in [1.82, 2.24) is 0 Å². The Labute approximate surface area is 382 Å². The molecular formula is C56H94N2Pd. The maximum Gasteiger partial charge on any atom is 2.00 e. The summed E-state index contributed by atoms with van der Waals surface area (Å²) in [5, 5.41) is 0. The first-order valence-electron chi connectivity index (χ1n) is 25.2. The first-order chi connectivity index (χ1) is 28.5. The third kappa shape index (κ3) is 24.4. The van der Waals surface area contributed by atoms with Gasteiger partial charge in [-0.1, -0.05) is 182 Å². The van der Waals surface area contributed by atoms with E-state index >= 15 is 0 Å². The van der Waals surface area contributed by atoms with E-state index in [4.69, 9.17) is 0 Å². The molecule has 1 heterocycles. The van der Waals surface area contributed by atoms with Crippen molar-refractivity contribution in [1.29, 1.82) is 0 Å². The first-order valence-corrected chi connectivity index (χ1v) is 25.2. The predicted octanol–water partition coefficient (Wildman–Crippen LogP) is 19.0. The van der Waals surface area contributed by atoms with Gasteiger partial charge >= 0.3 is 20.4 Å². The van der Waals surface area contributed by atoms with Gasteiger partial charge in [0.25, 0.3) is 0 Å². The Morgan fingerprint density at radius 2 is 0.661 bits per heavy atom. The van der Waals surface area contributed by atoms with Crippen molar-refractivity contribution in [3.8, 4) is 0 Å². The third-order valence-electron chi connectivity index (χ3n) is 11.8. The van der Waals surface area contributed by atoms with Gasteiger partial charge in [0.15, 0.2) is 0 Å². The number of nitrogens with zero attached hydrogens (tertiary/aromatic N) is 2. The van der Waals surface area contributed by atoms with Gasteiger partial charge in [0.2, 0.25) is 11.4 Å². The Morgan fingerprint density at radius 1 is 0.373 bits per heavy atom. The van der Waals surface area contributed by atoms with Crippen molar-refractivity contribution in [2.75, 3.05) is 0 Å². The van der Waals surface area contributed by atoms with E-state index in [1.54, 1.807) is 18.5 Å². The molecule has 0 amide bonds. The van der Waals surface area contributed by atoms with Crippen LogP contribution in [0.3, 0.4) is 0 Å². The van der Waals surface area contributed by atoms with Gasteiger partial charge < -0.3 is 19.4 Å². The molecule has 1 aliphatic rings. The second-order valence-electron chi connectivity index (χ2n) is 17.0. The molecule has 3 heteroatoms. The zero-order valence-corrected chi connectivity index (χ0v) is 41.6. The van der Waals surface area contributed by atoms with Crippen molar-refractivity contribution < 1.29 is 25.1 Å². The Morgan fingerprint density at radius 3 is 0.983 bits per heavy atom. The van der Waals surface area contributed by atoms with Gasteiger partial charge in [-0.05, 0) is 111 Å². The van der Waals surface area contributed by atoms with Crippen LogP contribution < -0.4 is 0 Å². The van der Waals surface area contributed by atoms with Crippen LogP contribution in [-0.4, -0.2) is 4.70 Å². The van der Waals surface area contributed by atoms with Gasteiger partial charge in [0.1, 0.15) is 0 Å². The predicted molar refractivity (Wildman–Crippen MR) is 261 cm³/mol. The largest absolute Gasteiger partial charge is 2.00 e. The topological polar surface area (TPSA) is 25.3 Å². The SMILES string of the molecule is CCCCCCCCc1cc(CCCCCCCC)cc(C2=CC(CCCC)=C(c3cc(CCCCCCCC)cc(CCCCCCCC)c3)[N+]2=[N-])c1.[CH2-]C.[CH2-]C.[Pd+2]. The summed E-state index contributed by atoms with van der Waals surface area (Å²) < 4.78 is 1.60. The molecule has 0 saturated carbocycles. The summed E-state index contributed by atoms with van der Waals surface area (Å²) in [6.45, 7) is 21.5. The zero-order valence-electron chi connectivity index (χ0n) is 40.1. The van der Waals surface area contributed by atoms with Crippen LogP contribution in [0.15, 0.2) is 48.0 Å². The van der Waals surface area contributed by atoms with Gasteiger partial charge in [-0.25, -0.2) is 4.70 Å². The van der Waals surface area contributed by atoms with Gasteiger partial charge in [-0.3, -0.25) is 0 Å². The molecule has 0 bridgehead atoms. The molecule has 0 fully saturated rings. The fraction of sp³-hybridized carbons (Fsp3) is 0.679. The van der Waals surface area contributed by atoms with Crippen molar-refractivity contribution in [2.45, 2.75) is 248 Å². The molecule has 2 aromatic rings. The minimum Gasteiger partial charge on any atom is -0.493 e. The number of hydrogen-bond acceptors (Lipinski definition) is 0. The molecule has 0 N–H and O–H groups in total. The summed E-state index contributed by atoms with van der Waals surface area (Å²) in [5.41, 5.74) is 23.8. The van der Waals surface area contributed by atoms with E-state index in [9.17, 15) is 5.53 Å². The monoisotopic (exact) mass is 901 g/mol. The maximum atomic E-state index is 12.3. The molecule has 59 heavy (non-hydrogen) atoms. The van der Waals surface area contributed by atoms with Crippen molar-refractivity contribution in [2.24, 2.45) is 0 Å². The molecule has 0 spiro atoms. The summed E-state index contributed by atoms with van der Waals surface area (Å²) in [6, 6.07) is 14.7. The van der Waals surface area contributed by atoms with Crippen LogP contribution in [0.1, 0.15) is 255 Å². The molecular weight excluding hydrogens is 807 g/mol. The van der Waals surface area contributed by atoms with Crippen LogP contribution >= 0.6 is 0 Å². The molecule has 3 rings (SSSR count). The molecule has 2 aromatic carbocycles. The van der Waals surface area contributed by atoms with E-state index in [2.05, 4.69) is 90.9 Å². The minimum absolute atomic E-state index is 0. The quantitative estimate of drug-likeness (QED) is 0.0295. The van der Waals surface area contributed by atoms with Crippen LogP contribution in [0, 0.1) is 13.8 Å². The number of benzene rings is 2. The van der Waals surface area contributed by atoms with E-state index in [1.165, 1.54) is 193 Å². The van der Waals surface area contributed by atoms with E-state index in [-0.39, 0.29) is 20.4 Å². The normalized spacial score (nSPS) is 12.2. The summed E-state index contributed by atoms with van der Waals surface area (Å²) >= 11 is 0. The summed E-state index contributed by atoms with van der Waals surface area (Å²) in [6.07, 6.45) is 41.9. The molecule has 0 atom stereocenters. The van der Waals surface area contributed by atoms with Crippen LogP contribution in [0.25, 0.3) is 16.9 Å². The Hall–Kier alpha value is -1.82. The third-order valence-corrected chi connectivity index (χ3v) is 11.8. The Kier molecular flexibility index (Phi) is 37.9. The maximum absolute atomic E-state index is 12.3. The van der Waals surface area contributed by atoms with Gasteiger partial charge in [-0.2, -0.15) is 13.8 Å². The molecule has 0 aliphatic carbocycles. The smallest absolute Gasteiger partial charge is 0.493 e. The number of hydrogen-bond donors (Lipinski definition) is 0. The Bertz CT molecular complexity index is 1320. The van der Waals surface area contributed by atoms with Gasteiger partial charge in [0.05, 0.1) is 0 Å². The molecule has 1 aliphatic heterocycles. The van der Waals surface area contributed by atoms with Crippen molar-refractivity contribution in [3.63, 3.8) is 0 Å². The van der Waals surface area contributed by atoms with Gasteiger partial charge in [-0.15, -0.1) is 0 Å². The van der Waals surface area contributed by atoms with Crippen LogP contribution in [0.5, 0.6) is 0 Å². The average Bonchev–Trinajstić information content (AvgIpc) is 3.59. The fourth-order valence-corrected chi connectivity index (χ4v) is 8.45. The molecule has 0 unspecified atom stereocenters. The number of allylic oxidation sites excluding steroid dienone is 2. The molecule has 2 nitrogen and oxygen atoms in total. The fourth-order valence-electron chi connectivity index (χ4n) is 8.45. The second kappa shape index (κ2) is 39.1. The standard InChI is InChI=1S/C52H84N2.2C2H5.Pd/c1-6-11-16-20-24-28-32-44-37-45(33-29-25-21-17-12-7-2)40-49(39-44)51-43-48(36-15-10-5)52(54(51)53)50-41-46(34-30-26-22-18-13-8-3)38-47(42-50)35-31-27-23-19-14-9-4;2*1-2;/h37-43H,6-36H2,1-5H3;2*1H2,2H3;/q;2*-1;+2. The number of rotatable bonds is 33. The second-order valence-corrected chi connectivity index (χ2v) is 17.0.